The van der Waals surface area contributed by atoms with Gasteiger partial charge in [-0.1, -0.05) is 6.07 Å². The molecule has 1 aliphatic heterocycles. The van der Waals surface area contributed by atoms with Crippen LogP contribution < -0.4 is 10.9 Å². The quantitative estimate of drug-likeness (QED) is 0.710. The molecule has 17 heavy (non-hydrogen) atoms. The Morgan fingerprint density at radius 2 is 2.59 bits per heavy atom. The Bertz CT molecular complexity index is 406. The molecule has 0 aliphatic carbocycles. The van der Waals surface area contributed by atoms with E-state index >= 15 is 0 Å². The number of hydrogen-bond acceptors (Lipinski definition) is 6. The first-order valence-electron chi connectivity index (χ1n) is 5.42. The maximum Gasteiger partial charge on any atom is 0.165 e. The van der Waals surface area contributed by atoms with Crippen molar-refractivity contribution in [1.29, 1.82) is 0 Å². The van der Waals surface area contributed by atoms with Gasteiger partial charge in [0.2, 0.25) is 0 Å². The van der Waals surface area contributed by atoms with Gasteiger partial charge in [0.15, 0.2) is 12.5 Å². The van der Waals surface area contributed by atoms with E-state index in [1.54, 1.807) is 12.4 Å². The second-order valence-electron chi connectivity index (χ2n) is 3.88. The molecule has 0 saturated heterocycles. The van der Waals surface area contributed by atoms with Gasteiger partial charge >= 0.3 is 0 Å². The number of carbonyl (C=O) groups is 1. The number of aldehydes is 1. The van der Waals surface area contributed by atoms with Crippen molar-refractivity contribution in [2.24, 2.45) is 5.10 Å². The van der Waals surface area contributed by atoms with Crippen molar-refractivity contribution in [3.8, 4) is 0 Å². The average Bonchev–Trinajstić information content (AvgIpc) is 2.38. The van der Waals surface area contributed by atoms with Gasteiger partial charge in [-0.15, -0.1) is 0 Å². The van der Waals surface area contributed by atoms with E-state index in [-0.39, 0.29) is 0 Å². The first-order chi connectivity index (χ1) is 8.29. The molecule has 1 aromatic rings. The molecule has 2 N–H and O–H groups in total. The molecule has 0 bridgehead atoms. The SMILES string of the molecule is CC1=NNC(C=O)N(NCc2cccnc2)C1. The van der Waals surface area contributed by atoms with Crippen molar-refractivity contribution in [2.45, 2.75) is 19.6 Å². The molecule has 0 aromatic carbocycles. The topological polar surface area (TPSA) is 69.6 Å². The molecule has 0 saturated carbocycles. The normalized spacial score (nSPS) is 20.5. The van der Waals surface area contributed by atoms with Crippen LogP contribution in [0, 0.1) is 0 Å². The summed E-state index contributed by atoms with van der Waals surface area (Å²) < 4.78 is 0. The Morgan fingerprint density at radius 1 is 1.71 bits per heavy atom. The molecule has 2 heterocycles. The number of pyridine rings is 1. The summed E-state index contributed by atoms with van der Waals surface area (Å²) in [7, 11) is 0. The third-order valence-corrected chi connectivity index (χ3v) is 2.46. The number of aromatic nitrogens is 1. The van der Waals surface area contributed by atoms with E-state index < -0.39 is 6.17 Å². The molecule has 6 heteroatoms. The largest absolute Gasteiger partial charge is 0.299 e. The van der Waals surface area contributed by atoms with E-state index in [1.807, 2.05) is 24.1 Å². The summed E-state index contributed by atoms with van der Waals surface area (Å²) in [5.74, 6) is 0. The number of hydrazone groups is 1. The van der Waals surface area contributed by atoms with E-state index in [0.29, 0.717) is 13.1 Å². The Hall–Kier alpha value is -1.79. The number of nitrogens with one attached hydrogen (secondary N) is 2. The van der Waals surface area contributed by atoms with Gasteiger partial charge in [-0.25, -0.2) is 10.4 Å². The zero-order valence-corrected chi connectivity index (χ0v) is 9.63. The molecule has 1 aliphatic rings. The monoisotopic (exact) mass is 233 g/mol. The fourth-order valence-corrected chi connectivity index (χ4v) is 1.58. The molecular weight excluding hydrogens is 218 g/mol. The Morgan fingerprint density at radius 3 is 3.29 bits per heavy atom. The smallest absolute Gasteiger partial charge is 0.165 e. The predicted octanol–water partition coefficient (Wildman–Crippen LogP) is -0.108. The molecule has 6 nitrogen and oxygen atoms in total. The highest BCUT2D eigenvalue weighted by Crippen LogP contribution is 2.00. The summed E-state index contributed by atoms with van der Waals surface area (Å²) in [6.07, 6.45) is 3.93. The Labute approximate surface area is 99.7 Å². The standard InChI is InChI=1S/C11H15N5O/c1-9-7-16(11(8-17)15-14-9)13-6-10-3-2-4-12-5-10/h2-5,8,11,13,15H,6-7H2,1H3. The molecule has 0 radical (unpaired) electrons. The third-order valence-electron chi connectivity index (χ3n) is 2.46. The first kappa shape index (κ1) is 11.7. The Kier molecular flexibility index (Phi) is 3.79. The van der Waals surface area contributed by atoms with Gasteiger partial charge in [-0.05, 0) is 18.6 Å². The fraction of sp³-hybridized carbons (Fsp3) is 0.364. The highest BCUT2D eigenvalue weighted by atomic mass is 16.1. The minimum Gasteiger partial charge on any atom is -0.299 e. The minimum absolute atomic E-state index is 0.421. The number of nitrogens with zero attached hydrogens (tertiary/aromatic N) is 3. The van der Waals surface area contributed by atoms with Crippen LogP contribution in [0.15, 0.2) is 29.6 Å². The molecule has 0 amide bonds. The zero-order valence-electron chi connectivity index (χ0n) is 9.63. The molecule has 0 spiro atoms. The van der Waals surface area contributed by atoms with Crippen molar-refractivity contribution in [3.05, 3.63) is 30.1 Å². The van der Waals surface area contributed by atoms with Crippen molar-refractivity contribution >= 4 is 12.0 Å². The van der Waals surface area contributed by atoms with Crippen molar-refractivity contribution in [2.75, 3.05) is 6.54 Å². The summed E-state index contributed by atoms with van der Waals surface area (Å²) >= 11 is 0. The summed E-state index contributed by atoms with van der Waals surface area (Å²) in [4.78, 5) is 14.9. The van der Waals surface area contributed by atoms with Crippen LogP contribution >= 0.6 is 0 Å². The van der Waals surface area contributed by atoms with Gasteiger partial charge in [0, 0.05) is 18.9 Å². The summed E-state index contributed by atoms with van der Waals surface area (Å²) in [5, 5.41) is 5.85. The molecule has 0 fully saturated rings. The van der Waals surface area contributed by atoms with Crippen LogP contribution in [-0.4, -0.2) is 34.7 Å². The molecule has 90 valence electrons. The van der Waals surface area contributed by atoms with Crippen LogP contribution in [0.2, 0.25) is 0 Å². The maximum atomic E-state index is 10.9. The van der Waals surface area contributed by atoms with Gasteiger partial charge in [0.1, 0.15) is 0 Å². The number of rotatable bonds is 4. The van der Waals surface area contributed by atoms with Gasteiger partial charge in [-0.3, -0.25) is 15.2 Å². The fourth-order valence-electron chi connectivity index (χ4n) is 1.58. The van der Waals surface area contributed by atoms with Crippen molar-refractivity contribution in [3.63, 3.8) is 0 Å². The summed E-state index contributed by atoms with van der Waals surface area (Å²) in [6, 6.07) is 3.86. The third kappa shape index (κ3) is 3.08. The molecule has 1 atom stereocenters. The number of hydrazine groups is 1. The maximum absolute atomic E-state index is 10.9. The van der Waals surface area contributed by atoms with Crippen LogP contribution in [0.1, 0.15) is 12.5 Å². The zero-order chi connectivity index (χ0) is 12.1. The lowest BCUT2D eigenvalue weighted by molar-refractivity contribution is -0.114. The Balaban J connectivity index is 1.94. The molecular formula is C11H15N5O. The van der Waals surface area contributed by atoms with Crippen LogP contribution in [-0.2, 0) is 11.3 Å². The second-order valence-corrected chi connectivity index (χ2v) is 3.88. The predicted molar refractivity (Wildman–Crippen MR) is 63.9 cm³/mol. The van der Waals surface area contributed by atoms with Crippen molar-refractivity contribution in [1.82, 2.24) is 20.8 Å². The lowest BCUT2D eigenvalue weighted by atomic mass is 10.3. The van der Waals surface area contributed by atoms with Gasteiger partial charge in [0.25, 0.3) is 0 Å². The van der Waals surface area contributed by atoms with Gasteiger partial charge < -0.3 is 0 Å². The van der Waals surface area contributed by atoms with Crippen LogP contribution in [0.25, 0.3) is 0 Å². The van der Waals surface area contributed by atoms with Crippen LogP contribution in [0.4, 0.5) is 0 Å². The molecule has 1 unspecified atom stereocenters. The average molecular weight is 233 g/mol. The molecule has 2 rings (SSSR count). The highest BCUT2D eigenvalue weighted by molar-refractivity contribution is 5.84. The number of hydrogen-bond donors (Lipinski definition) is 2. The summed E-state index contributed by atoms with van der Waals surface area (Å²) in [6.45, 7) is 3.16. The van der Waals surface area contributed by atoms with Crippen LogP contribution in [0.3, 0.4) is 0 Å². The van der Waals surface area contributed by atoms with E-state index in [4.69, 9.17) is 0 Å². The lowest BCUT2D eigenvalue weighted by Gasteiger charge is -2.31. The summed E-state index contributed by atoms with van der Waals surface area (Å²) in [5.41, 5.74) is 7.96. The lowest BCUT2D eigenvalue weighted by Crippen LogP contribution is -2.56. The minimum atomic E-state index is -0.421. The highest BCUT2D eigenvalue weighted by Gasteiger charge is 2.21. The van der Waals surface area contributed by atoms with Crippen molar-refractivity contribution < 1.29 is 4.79 Å². The van der Waals surface area contributed by atoms with E-state index in [1.165, 1.54) is 0 Å². The number of carbonyl (C=O) groups excluding carboxylic acids is 1. The van der Waals surface area contributed by atoms with E-state index in [9.17, 15) is 4.79 Å². The second kappa shape index (κ2) is 5.51. The first-order valence-corrected chi connectivity index (χ1v) is 5.42. The van der Waals surface area contributed by atoms with Crippen LogP contribution in [0.5, 0.6) is 0 Å². The van der Waals surface area contributed by atoms with Gasteiger partial charge in [-0.2, -0.15) is 5.10 Å². The van der Waals surface area contributed by atoms with Gasteiger partial charge in [0.05, 0.1) is 12.3 Å². The van der Waals surface area contributed by atoms with E-state index in [0.717, 1.165) is 17.6 Å². The van der Waals surface area contributed by atoms with E-state index in [2.05, 4.69) is 20.9 Å². The molecule has 1 aromatic heterocycles.